The summed E-state index contributed by atoms with van der Waals surface area (Å²) in [5, 5.41) is 31.9. The highest BCUT2D eigenvalue weighted by atomic mass is 16.5. The van der Waals surface area contributed by atoms with Gasteiger partial charge in [0.15, 0.2) is 0 Å². The first kappa shape index (κ1) is 21.0. The fourth-order valence-corrected chi connectivity index (χ4v) is 2.97. The van der Waals surface area contributed by atoms with Gasteiger partial charge in [0.1, 0.15) is 28.8 Å². The Labute approximate surface area is 163 Å². The minimum absolute atomic E-state index is 0.111. The average molecular weight is 384 g/mol. The molecule has 1 amide bonds. The van der Waals surface area contributed by atoms with Crippen molar-refractivity contribution in [2.75, 3.05) is 6.61 Å². The van der Waals surface area contributed by atoms with Crippen LogP contribution in [0.3, 0.4) is 0 Å². The number of amides is 1. The maximum Gasteiger partial charge on any atom is 0.212 e. The van der Waals surface area contributed by atoms with Crippen LogP contribution in [0.5, 0.6) is 11.5 Å². The third-order valence-electron chi connectivity index (χ3n) is 4.09. The Morgan fingerprint density at radius 3 is 2.57 bits per heavy atom. The second-order valence-corrected chi connectivity index (χ2v) is 6.47. The molecule has 0 aliphatic carbocycles. The molecule has 0 aliphatic rings. The second kappa shape index (κ2) is 9.58. The van der Waals surface area contributed by atoms with Gasteiger partial charge in [0.05, 0.1) is 18.1 Å². The first-order valence-corrected chi connectivity index (χ1v) is 8.89. The van der Waals surface area contributed by atoms with Crippen molar-refractivity contribution >= 4 is 18.4 Å². The van der Waals surface area contributed by atoms with Crippen LogP contribution < -0.4 is 5.32 Å². The Hall–Kier alpha value is -3.31. The van der Waals surface area contributed by atoms with E-state index < -0.39 is 0 Å². The molecule has 0 saturated carbocycles. The average Bonchev–Trinajstić information content (AvgIpc) is 2.89. The van der Waals surface area contributed by atoms with Crippen molar-refractivity contribution < 1.29 is 19.7 Å². The van der Waals surface area contributed by atoms with Gasteiger partial charge in [-0.05, 0) is 39.3 Å². The number of carbonyl (C=O) groups excluding carboxylic acids is 1. The van der Waals surface area contributed by atoms with E-state index in [1.165, 1.54) is 24.5 Å². The maximum atomic E-state index is 10.5. The Morgan fingerprint density at radius 1 is 1.32 bits per heavy atom. The highest BCUT2D eigenvalue weighted by Gasteiger charge is 2.22. The molecule has 2 aromatic rings. The van der Waals surface area contributed by atoms with Crippen LogP contribution in [0.15, 0.2) is 23.2 Å². The van der Waals surface area contributed by atoms with Crippen LogP contribution in [0.25, 0.3) is 11.3 Å². The number of hydrogen-bond acceptors (Lipinski definition) is 6. The summed E-state index contributed by atoms with van der Waals surface area (Å²) >= 11 is 0. The highest BCUT2D eigenvalue weighted by molar-refractivity contribution is 5.82. The SMILES string of the molecule is Cc1c(N=CNC=O)c(C#N)c(-c2cc(O)cc(O)c2)n1CCCOC(C)C. The van der Waals surface area contributed by atoms with Gasteiger partial charge in [-0.2, -0.15) is 5.26 Å². The quantitative estimate of drug-likeness (QED) is 0.266. The zero-order chi connectivity index (χ0) is 20.7. The van der Waals surface area contributed by atoms with E-state index in [1.54, 1.807) is 0 Å². The molecular formula is C20H24N4O4. The largest absolute Gasteiger partial charge is 0.508 e. The van der Waals surface area contributed by atoms with Crippen molar-refractivity contribution in [3.63, 3.8) is 0 Å². The number of phenolic OH excluding ortho intramolecular Hbond substituents is 2. The molecule has 28 heavy (non-hydrogen) atoms. The molecule has 0 radical (unpaired) electrons. The predicted octanol–water partition coefficient (Wildman–Crippen LogP) is 2.97. The third-order valence-corrected chi connectivity index (χ3v) is 4.09. The number of hydrogen-bond donors (Lipinski definition) is 3. The van der Waals surface area contributed by atoms with Gasteiger partial charge in [-0.3, -0.25) is 4.79 Å². The summed E-state index contributed by atoms with van der Waals surface area (Å²) in [6.07, 6.45) is 2.52. The van der Waals surface area contributed by atoms with Crippen molar-refractivity contribution in [1.82, 2.24) is 9.88 Å². The van der Waals surface area contributed by atoms with Crippen LogP contribution in [0.2, 0.25) is 0 Å². The number of nitriles is 1. The Bertz CT molecular complexity index is 890. The fraction of sp³-hybridized carbons (Fsp3) is 0.350. The van der Waals surface area contributed by atoms with E-state index in [9.17, 15) is 20.3 Å². The summed E-state index contributed by atoms with van der Waals surface area (Å²) in [5.74, 6) is -0.222. The van der Waals surface area contributed by atoms with Crippen LogP contribution in [0.4, 0.5) is 5.69 Å². The molecular weight excluding hydrogens is 360 g/mol. The fourth-order valence-electron chi connectivity index (χ4n) is 2.97. The van der Waals surface area contributed by atoms with E-state index in [2.05, 4.69) is 16.4 Å². The molecule has 0 bridgehead atoms. The Morgan fingerprint density at radius 2 is 2.00 bits per heavy atom. The smallest absolute Gasteiger partial charge is 0.212 e. The number of aliphatic imine (C=N–C) groups is 1. The van der Waals surface area contributed by atoms with Crippen molar-refractivity contribution in [3.8, 4) is 28.8 Å². The number of ether oxygens (including phenoxy) is 1. The molecule has 0 spiro atoms. The van der Waals surface area contributed by atoms with Gasteiger partial charge in [-0.15, -0.1) is 0 Å². The maximum absolute atomic E-state index is 10.5. The van der Waals surface area contributed by atoms with Gasteiger partial charge in [-0.25, -0.2) is 4.99 Å². The molecule has 1 aromatic carbocycles. The molecule has 0 saturated heterocycles. The molecule has 0 unspecified atom stereocenters. The molecule has 8 heteroatoms. The van der Waals surface area contributed by atoms with Gasteiger partial charge < -0.3 is 24.8 Å². The van der Waals surface area contributed by atoms with Crippen molar-refractivity contribution in [3.05, 3.63) is 29.5 Å². The molecule has 0 atom stereocenters. The van der Waals surface area contributed by atoms with Gasteiger partial charge in [0.25, 0.3) is 0 Å². The standard InChI is InChI=1S/C20H24N4O4/c1-13(2)28-6-4-5-24-14(3)19(23-11-22-12-25)18(10-21)20(24)15-7-16(26)9-17(27)8-15/h7-9,11-13,26-27H,4-6H2,1-3H3,(H,22,23,25). The summed E-state index contributed by atoms with van der Waals surface area (Å²) in [5.41, 5.74) is 2.46. The summed E-state index contributed by atoms with van der Waals surface area (Å²) in [6, 6.07) is 6.33. The Balaban J connectivity index is 2.56. The van der Waals surface area contributed by atoms with E-state index >= 15 is 0 Å². The zero-order valence-corrected chi connectivity index (χ0v) is 16.1. The molecule has 148 valence electrons. The molecule has 2 rings (SSSR count). The molecule has 3 N–H and O–H groups in total. The molecule has 8 nitrogen and oxygen atoms in total. The van der Waals surface area contributed by atoms with E-state index in [0.717, 1.165) is 5.69 Å². The summed E-state index contributed by atoms with van der Waals surface area (Å²) in [4.78, 5) is 14.7. The zero-order valence-electron chi connectivity index (χ0n) is 16.1. The predicted molar refractivity (Wildman–Crippen MR) is 106 cm³/mol. The third kappa shape index (κ3) is 4.90. The molecule has 0 fully saturated rings. The number of phenols is 2. The Kier molecular flexibility index (Phi) is 7.18. The first-order valence-electron chi connectivity index (χ1n) is 8.89. The van der Waals surface area contributed by atoms with Crippen molar-refractivity contribution in [2.24, 2.45) is 4.99 Å². The first-order chi connectivity index (χ1) is 13.4. The number of nitrogens with one attached hydrogen (secondary N) is 1. The van der Waals surface area contributed by atoms with Gasteiger partial charge in [-0.1, -0.05) is 0 Å². The van der Waals surface area contributed by atoms with Crippen LogP contribution in [0.1, 0.15) is 31.5 Å². The van der Waals surface area contributed by atoms with Crippen LogP contribution in [0, 0.1) is 18.3 Å². The lowest BCUT2D eigenvalue weighted by molar-refractivity contribution is -0.108. The van der Waals surface area contributed by atoms with E-state index in [-0.39, 0.29) is 23.2 Å². The van der Waals surface area contributed by atoms with Crippen LogP contribution in [-0.4, -0.2) is 40.2 Å². The van der Waals surface area contributed by atoms with Gasteiger partial charge in [0, 0.05) is 30.5 Å². The molecule has 1 aromatic heterocycles. The normalized spacial score (nSPS) is 11.1. The summed E-state index contributed by atoms with van der Waals surface area (Å²) < 4.78 is 7.50. The van der Waals surface area contributed by atoms with Gasteiger partial charge in [0.2, 0.25) is 6.41 Å². The van der Waals surface area contributed by atoms with E-state index in [4.69, 9.17) is 4.74 Å². The number of carbonyl (C=O) groups is 1. The molecule has 1 heterocycles. The number of nitrogens with zero attached hydrogens (tertiary/aromatic N) is 3. The highest BCUT2D eigenvalue weighted by Crippen LogP contribution is 2.39. The lowest BCUT2D eigenvalue weighted by atomic mass is 10.1. The minimum atomic E-state index is -0.111. The van der Waals surface area contributed by atoms with Gasteiger partial charge >= 0.3 is 0 Å². The van der Waals surface area contributed by atoms with Crippen molar-refractivity contribution in [1.29, 1.82) is 5.26 Å². The minimum Gasteiger partial charge on any atom is -0.508 e. The second-order valence-electron chi connectivity index (χ2n) is 6.47. The lowest BCUT2D eigenvalue weighted by Gasteiger charge is -2.14. The molecule has 0 aliphatic heterocycles. The summed E-state index contributed by atoms with van der Waals surface area (Å²) in [6.45, 7) is 6.84. The van der Waals surface area contributed by atoms with Crippen LogP contribution >= 0.6 is 0 Å². The topological polar surface area (TPSA) is 120 Å². The monoisotopic (exact) mass is 384 g/mol. The number of rotatable bonds is 9. The van der Waals surface area contributed by atoms with Crippen LogP contribution in [-0.2, 0) is 16.1 Å². The van der Waals surface area contributed by atoms with E-state index in [0.29, 0.717) is 42.9 Å². The summed E-state index contributed by atoms with van der Waals surface area (Å²) in [7, 11) is 0. The number of aromatic nitrogens is 1. The van der Waals surface area contributed by atoms with Crippen molar-refractivity contribution in [2.45, 2.75) is 39.8 Å². The van der Waals surface area contributed by atoms with E-state index in [1.807, 2.05) is 25.3 Å². The number of aromatic hydroxyl groups is 2. The lowest BCUT2D eigenvalue weighted by Crippen LogP contribution is -2.09. The number of benzene rings is 1.